The highest BCUT2D eigenvalue weighted by Crippen LogP contribution is 2.45. The third kappa shape index (κ3) is 1.11. The fourth-order valence-corrected chi connectivity index (χ4v) is 3.17. The van der Waals surface area contributed by atoms with E-state index in [1.807, 2.05) is 0 Å². The van der Waals surface area contributed by atoms with E-state index < -0.39 is 0 Å². The van der Waals surface area contributed by atoms with Gasteiger partial charge in [0.1, 0.15) is 0 Å². The molecule has 0 bridgehead atoms. The monoisotopic (exact) mass is 188 g/mol. The first kappa shape index (κ1) is 8.46. The molecule has 74 valence electrons. The summed E-state index contributed by atoms with van der Waals surface area (Å²) in [6.45, 7) is 0. The third-order valence-corrected chi connectivity index (χ3v) is 3.87. The highest BCUT2D eigenvalue weighted by molar-refractivity contribution is 5.99. The summed E-state index contributed by atoms with van der Waals surface area (Å²) in [5.41, 5.74) is 5.87. The summed E-state index contributed by atoms with van der Waals surface area (Å²) in [5, 5.41) is 0. The molecule has 1 heteroatoms. The van der Waals surface area contributed by atoms with Crippen LogP contribution in [0.5, 0.6) is 0 Å². The molecule has 0 aromatic carbocycles. The fraction of sp³-hybridized carbons (Fsp3) is 0.615. The van der Waals surface area contributed by atoms with Gasteiger partial charge in [0.05, 0.1) is 0 Å². The SMILES string of the molecule is O=C1CCCC2=C1CC1=C2CCCC1. The summed E-state index contributed by atoms with van der Waals surface area (Å²) in [4.78, 5) is 11.7. The lowest BCUT2D eigenvalue weighted by atomic mass is 9.87. The molecule has 14 heavy (non-hydrogen) atoms. The molecule has 3 aliphatic carbocycles. The Labute approximate surface area is 84.9 Å². The second kappa shape index (κ2) is 3.08. The van der Waals surface area contributed by atoms with Gasteiger partial charge in [-0.15, -0.1) is 0 Å². The van der Waals surface area contributed by atoms with E-state index >= 15 is 0 Å². The first-order valence-electron chi connectivity index (χ1n) is 5.83. The minimum absolute atomic E-state index is 0.445. The number of fused-ring (bicyclic) bond motifs is 1. The number of carbonyl (C=O) groups excluding carboxylic acids is 1. The molecular weight excluding hydrogens is 172 g/mol. The van der Waals surface area contributed by atoms with Crippen LogP contribution in [0.4, 0.5) is 0 Å². The minimum atomic E-state index is 0.445. The molecule has 0 aromatic rings. The van der Waals surface area contributed by atoms with Crippen molar-refractivity contribution < 1.29 is 4.79 Å². The van der Waals surface area contributed by atoms with Crippen molar-refractivity contribution in [1.29, 1.82) is 0 Å². The standard InChI is InChI=1S/C13H16O/c14-13-7-3-6-11-10-5-2-1-4-9(10)8-12(11)13/h1-8H2. The topological polar surface area (TPSA) is 17.1 Å². The van der Waals surface area contributed by atoms with Crippen LogP contribution < -0.4 is 0 Å². The van der Waals surface area contributed by atoms with Gasteiger partial charge in [-0.1, -0.05) is 5.57 Å². The number of hydrogen-bond donors (Lipinski definition) is 0. The molecule has 3 rings (SSSR count). The third-order valence-electron chi connectivity index (χ3n) is 3.87. The van der Waals surface area contributed by atoms with Gasteiger partial charge in [0.15, 0.2) is 5.78 Å². The van der Waals surface area contributed by atoms with Crippen molar-refractivity contribution in [3.05, 3.63) is 22.3 Å². The van der Waals surface area contributed by atoms with Crippen molar-refractivity contribution >= 4 is 5.78 Å². The fourth-order valence-electron chi connectivity index (χ4n) is 3.17. The highest BCUT2D eigenvalue weighted by atomic mass is 16.1. The Kier molecular flexibility index (Phi) is 1.86. The summed E-state index contributed by atoms with van der Waals surface area (Å²) in [6.07, 6.45) is 9.28. The van der Waals surface area contributed by atoms with Crippen LogP contribution in [-0.2, 0) is 4.79 Å². The van der Waals surface area contributed by atoms with Crippen LogP contribution >= 0.6 is 0 Å². The molecule has 0 heterocycles. The van der Waals surface area contributed by atoms with Crippen molar-refractivity contribution in [2.45, 2.75) is 51.4 Å². The summed E-state index contributed by atoms with van der Waals surface area (Å²) in [6, 6.07) is 0. The number of carbonyl (C=O) groups is 1. The normalized spacial score (nSPS) is 26.7. The molecule has 0 aliphatic heterocycles. The molecule has 0 aromatic heterocycles. The van der Waals surface area contributed by atoms with Crippen molar-refractivity contribution in [3.8, 4) is 0 Å². The van der Waals surface area contributed by atoms with Crippen LogP contribution in [0.15, 0.2) is 22.3 Å². The van der Waals surface area contributed by atoms with Gasteiger partial charge in [-0.3, -0.25) is 4.79 Å². The zero-order valence-corrected chi connectivity index (χ0v) is 8.57. The Hall–Kier alpha value is -0.850. The van der Waals surface area contributed by atoms with E-state index in [4.69, 9.17) is 0 Å². The molecule has 0 spiro atoms. The van der Waals surface area contributed by atoms with Crippen LogP contribution in [0, 0.1) is 0 Å². The molecule has 0 saturated carbocycles. The van der Waals surface area contributed by atoms with Crippen LogP contribution in [0.3, 0.4) is 0 Å². The van der Waals surface area contributed by atoms with E-state index in [0.717, 1.165) is 19.3 Å². The van der Waals surface area contributed by atoms with Gasteiger partial charge < -0.3 is 0 Å². The second-order valence-electron chi connectivity index (χ2n) is 4.70. The quantitative estimate of drug-likeness (QED) is 0.570. The van der Waals surface area contributed by atoms with Crippen LogP contribution in [-0.4, -0.2) is 5.78 Å². The number of ketones is 1. The predicted molar refractivity (Wildman–Crippen MR) is 56.0 cm³/mol. The van der Waals surface area contributed by atoms with Gasteiger partial charge in [0.2, 0.25) is 0 Å². The van der Waals surface area contributed by atoms with Crippen molar-refractivity contribution in [2.75, 3.05) is 0 Å². The molecule has 0 unspecified atom stereocenters. The molecule has 0 fully saturated rings. The molecule has 0 N–H and O–H groups in total. The maximum absolute atomic E-state index is 11.7. The first-order chi connectivity index (χ1) is 6.86. The Morgan fingerprint density at radius 1 is 0.714 bits per heavy atom. The van der Waals surface area contributed by atoms with Gasteiger partial charge in [-0.25, -0.2) is 0 Å². The van der Waals surface area contributed by atoms with E-state index in [9.17, 15) is 4.79 Å². The smallest absolute Gasteiger partial charge is 0.159 e. The van der Waals surface area contributed by atoms with Crippen molar-refractivity contribution in [1.82, 2.24) is 0 Å². The van der Waals surface area contributed by atoms with E-state index in [-0.39, 0.29) is 0 Å². The lowest BCUT2D eigenvalue weighted by Crippen LogP contribution is -2.09. The zero-order valence-electron chi connectivity index (χ0n) is 8.57. The van der Waals surface area contributed by atoms with E-state index in [0.29, 0.717) is 5.78 Å². The van der Waals surface area contributed by atoms with E-state index in [2.05, 4.69) is 0 Å². The maximum Gasteiger partial charge on any atom is 0.159 e. The van der Waals surface area contributed by atoms with Crippen LogP contribution in [0.1, 0.15) is 51.4 Å². The van der Waals surface area contributed by atoms with Gasteiger partial charge >= 0.3 is 0 Å². The number of allylic oxidation sites excluding steroid dienone is 4. The maximum atomic E-state index is 11.7. The number of Topliss-reactive ketones (excluding diaryl/α,β-unsaturated/α-hetero) is 1. The van der Waals surface area contributed by atoms with Crippen molar-refractivity contribution in [3.63, 3.8) is 0 Å². The summed E-state index contributed by atoms with van der Waals surface area (Å²) in [5.74, 6) is 0.445. The average molecular weight is 188 g/mol. The van der Waals surface area contributed by atoms with Crippen molar-refractivity contribution in [2.24, 2.45) is 0 Å². The molecule has 3 aliphatic rings. The molecule has 0 radical (unpaired) electrons. The number of rotatable bonds is 0. The summed E-state index contributed by atoms with van der Waals surface area (Å²) < 4.78 is 0. The van der Waals surface area contributed by atoms with E-state index in [1.54, 1.807) is 11.1 Å². The largest absolute Gasteiger partial charge is 0.295 e. The summed E-state index contributed by atoms with van der Waals surface area (Å²) in [7, 11) is 0. The van der Waals surface area contributed by atoms with Gasteiger partial charge in [-0.2, -0.15) is 0 Å². The lowest BCUT2D eigenvalue weighted by molar-refractivity contribution is -0.116. The lowest BCUT2D eigenvalue weighted by Gasteiger charge is -2.18. The zero-order chi connectivity index (χ0) is 9.54. The van der Waals surface area contributed by atoms with E-state index in [1.165, 1.54) is 43.3 Å². The minimum Gasteiger partial charge on any atom is -0.295 e. The molecule has 0 saturated heterocycles. The van der Waals surface area contributed by atoms with Gasteiger partial charge in [-0.05, 0) is 56.1 Å². The van der Waals surface area contributed by atoms with Gasteiger partial charge in [0, 0.05) is 12.0 Å². The Morgan fingerprint density at radius 3 is 2.43 bits per heavy atom. The summed E-state index contributed by atoms with van der Waals surface area (Å²) >= 11 is 0. The predicted octanol–water partition coefficient (Wildman–Crippen LogP) is 3.31. The van der Waals surface area contributed by atoms with Crippen LogP contribution in [0.25, 0.3) is 0 Å². The Balaban J connectivity index is 2.00. The second-order valence-corrected chi connectivity index (χ2v) is 4.70. The Bertz CT molecular complexity index is 357. The molecule has 1 nitrogen and oxygen atoms in total. The molecule has 0 atom stereocenters. The average Bonchev–Trinajstić information content (AvgIpc) is 2.59. The number of hydrogen-bond acceptors (Lipinski definition) is 1. The molecular formula is C13H16O. The highest BCUT2D eigenvalue weighted by Gasteiger charge is 2.31. The van der Waals surface area contributed by atoms with Crippen LogP contribution in [0.2, 0.25) is 0 Å². The first-order valence-corrected chi connectivity index (χ1v) is 5.83. The molecule has 0 amide bonds. The Morgan fingerprint density at radius 2 is 1.50 bits per heavy atom. The van der Waals surface area contributed by atoms with Gasteiger partial charge in [0.25, 0.3) is 0 Å².